The lowest BCUT2D eigenvalue weighted by atomic mass is 10.2. The average Bonchev–Trinajstić information content (AvgIpc) is 2.75. The van der Waals surface area contributed by atoms with Gasteiger partial charge in [0.05, 0.1) is 36.4 Å². The number of rotatable bonds is 7. The van der Waals surface area contributed by atoms with E-state index in [0.717, 1.165) is 0 Å². The van der Waals surface area contributed by atoms with Crippen LogP contribution in [0.25, 0.3) is 0 Å². The lowest BCUT2D eigenvalue weighted by Gasteiger charge is -2.35. The van der Waals surface area contributed by atoms with Crippen LogP contribution < -0.4 is 19.7 Å². The summed E-state index contributed by atoms with van der Waals surface area (Å²) in [5, 5.41) is 14.9. The Balaban J connectivity index is 1.61. The van der Waals surface area contributed by atoms with E-state index in [1.165, 1.54) is 20.3 Å². The van der Waals surface area contributed by atoms with Crippen LogP contribution in [0.1, 0.15) is 0 Å². The number of methoxy groups -OCH3 is 2. The van der Waals surface area contributed by atoms with Gasteiger partial charge in [0.2, 0.25) is 5.91 Å². The third-order valence-corrected chi connectivity index (χ3v) is 5.49. The second kappa shape index (κ2) is 10.0. The second-order valence-corrected chi connectivity index (χ2v) is 7.73. The number of piperazine rings is 1. The molecule has 0 radical (unpaired) electrons. The van der Waals surface area contributed by atoms with Gasteiger partial charge in [0.1, 0.15) is 17.2 Å². The van der Waals surface area contributed by atoms with Crippen LogP contribution in [-0.2, 0) is 4.79 Å². The van der Waals surface area contributed by atoms with Crippen molar-refractivity contribution >= 4 is 46.2 Å². The molecule has 1 heterocycles. The van der Waals surface area contributed by atoms with Crippen LogP contribution >= 0.6 is 23.2 Å². The molecular weight excluding hydrogens is 447 g/mol. The standard InChI is InChI=1S/C20H22Cl2N4O5/c1-30-18-11-15(19(31-2)10-14(18)22)23-20(27)12-24-5-7-25(8-6-24)16-4-3-13(21)9-17(16)26(28)29/h3-4,9-11H,5-8,12H2,1-2H3,(H,23,27). The molecule has 0 bridgehead atoms. The Morgan fingerprint density at radius 2 is 1.77 bits per heavy atom. The predicted molar refractivity (Wildman–Crippen MR) is 120 cm³/mol. The molecule has 0 saturated carbocycles. The van der Waals surface area contributed by atoms with E-state index >= 15 is 0 Å². The van der Waals surface area contributed by atoms with Crippen molar-refractivity contribution in [2.75, 3.05) is 57.2 Å². The number of hydrogen-bond donors (Lipinski definition) is 1. The van der Waals surface area contributed by atoms with Gasteiger partial charge in [-0.2, -0.15) is 0 Å². The summed E-state index contributed by atoms with van der Waals surface area (Å²) < 4.78 is 10.5. The second-order valence-electron chi connectivity index (χ2n) is 6.89. The van der Waals surface area contributed by atoms with Gasteiger partial charge in [-0.3, -0.25) is 19.8 Å². The summed E-state index contributed by atoms with van der Waals surface area (Å²) in [6.45, 7) is 2.43. The molecule has 0 aliphatic carbocycles. The first-order chi connectivity index (χ1) is 14.8. The fourth-order valence-corrected chi connectivity index (χ4v) is 3.81. The lowest BCUT2D eigenvalue weighted by Crippen LogP contribution is -2.48. The summed E-state index contributed by atoms with van der Waals surface area (Å²) in [5.41, 5.74) is 0.961. The van der Waals surface area contributed by atoms with Gasteiger partial charge in [-0.1, -0.05) is 23.2 Å². The van der Waals surface area contributed by atoms with E-state index in [1.54, 1.807) is 24.3 Å². The molecule has 0 atom stereocenters. The number of amides is 1. The molecule has 11 heteroatoms. The first-order valence-corrected chi connectivity index (χ1v) is 10.2. The number of halogens is 2. The van der Waals surface area contributed by atoms with Crippen LogP contribution in [0.4, 0.5) is 17.1 Å². The molecule has 1 N–H and O–H groups in total. The van der Waals surface area contributed by atoms with Gasteiger partial charge >= 0.3 is 0 Å². The first kappa shape index (κ1) is 22.9. The number of benzene rings is 2. The molecule has 1 saturated heterocycles. The van der Waals surface area contributed by atoms with Gasteiger partial charge in [0.25, 0.3) is 5.69 Å². The van der Waals surface area contributed by atoms with Crippen molar-refractivity contribution in [1.82, 2.24) is 4.90 Å². The molecule has 0 aromatic heterocycles. The van der Waals surface area contributed by atoms with E-state index in [2.05, 4.69) is 5.32 Å². The number of carbonyl (C=O) groups is 1. The molecule has 31 heavy (non-hydrogen) atoms. The number of nitro groups is 1. The van der Waals surface area contributed by atoms with Crippen molar-refractivity contribution in [3.63, 3.8) is 0 Å². The van der Waals surface area contributed by atoms with Crippen molar-refractivity contribution in [2.45, 2.75) is 0 Å². The van der Waals surface area contributed by atoms with Crippen molar-refractivity contribution in [3.05, 3.63) is 50.5 Å². The SMILES string of the molecule is COc1cc(NC(=O)CN2CCN(c3ccc(Cl)cc3[N+](=O)[O-])CC2)c(OC)cc1Cl. The summed E-state index contributed by atoms with van der Waals surface area (Å²) in [6, 6.07) is 7.83. The van der Waals surface area contributed by atoms with Crippen LogP contribution in [0.15, 0.2) is 30.3 Å². The fraction of sp³-hybridized carbons (Fsp3) is 0.350. The highest BCUT2D eigenvalue weighted by Gasteiger charge is 2.25. The van der Waals surface area contributed by atoms with Gasteiger partial charge < -0.3 is 19.7 Å². The van der Waals surface area contributed by atoms with Gasteiger partial charge in [0, 0.05) is 49.4 Å². The molecule has 2 aromatic rings. The molecule has 1 amide bonds. The maximum atomic E-state index is 12.6. The number of ether oxygens (including phenoxy) is 2. The molecule has 0 spiro atoms. The van der Waals surface area contributed by atoms with Crippen molar-refractivity contribution in [3.8, 4) is 11.5 Å². The normalized spacial score (nSPS) is 14.3. The van der Waals surface area contributed by atoms with Crippen LogP contribution in [-0.4, -0.2) is 62.7 Å². The molecule has 2 aromatic carbocycles. The zero-order valence-electron chi connectivity index (χ0n) is 17.1. The number of nitro benzene ring substituents is 1. The molecule has 9 nitrogen and oxygen atoms in total. The van der Waals surface area contributed by atoms with Crippen LogP contribution in [0.5, 0.6) is 11.5 Å². The smallest absolute Gasteiger partial charge is 0.294 e. The van der Waals surface area contributed by atoms with E-state index in [4.69, 9.17) is 32.7 Å². The largest absolute Gasteiger partial charge is 0.495 e. The molecule has 0 unspecified atom stereocenters. The zero-order chi connectivity index (χ0) is 22.5. The maximum Gasteiger partial charge on any atom is 0.294 e. The van der Waals surface area contributed by atoms with E-state index in [1.807, 2.05) is 9.80 Å². The third kappa shape index (κ3) is 5.49. The van der Waals surface area contributed by atoms with Gasteiger partial charge in [-0.25, -0.2) is 0 Å². The lowest BCUT2D eigenvalue weighted by molar-refractivity contribution is -0.384. The topological polar surface area (TPSA) is 97.2 Å². The van der Waals surface area contributed by atoms with E-state index in [0.29, 0.717) is 59.1 Å². The molecule has 166 valence electrons. The third-order valence-electron chi connectivity index (χ3n) is 4.96. The van der Waals surface area contributed by atoms with Gasteiger partial charge in [0.15, 0.2) is 0 Å². The van der Waals surface area contributed by atoms with E-state index in [-0.39, 0.29) is 18.1 Å². The molecule has 1 aliphatic rings. The van der Waals surface area contributed by atoms with Crippen molar-refractivity contribution < 1.29 is 19.2 Å². The Morgan fingerprint density at radius 3 is 2.39 bits per heavy atom. The molecule has 1 fully saturated rings. The molecule has 1 aliphatic heterocycles. The highest BCUT2D eigenvalue weighted by atomic mass is 35.5. The molecular formula is C20H22Cl2N4O5. The molecule has 3 rings (SSSR count). The predicted octanol–water partition coefficient (Wildman–Crippen LogP) is 3.68. The van der Waals surface area contributed by atoms with E-state index in [9.17, 15) is 14.9 Å². The van der Waals surface area contributed by atoms with Crippen molar-refractivity contribution in [2.24, 2.45) is 0 Å². The van der Waals surface area contributed by atoms with Crippen LogP contribution in [0.3, 0.4) is 0 Å². The monoisotopic (exact) mass is 468 g/mol. The Morgan fingerprint density at radius 1 is 1.10 bits per heavy atom. The number of carbonyl (C=O) groups excluding carboxylic acids is 1. The summed E-state index contributed by atoms with van der Waals surface area (Å²) >= 11 is 12.0. The number of nitrogens with one attached hydrogen (secondary N) is 1. The Hall–Kier alpha value is -2.75. The summed E-state index contributed by atoms with van der Waals surface area (Å²) in [4.78, 5) is 27.4. The quantitative estimate of drug-likeness (QED) is 0.488. The summed E-state index contributed by atoms with van der Waals surface area (Å²) in [6.07, 6.45) is 0. The highest BCUT2D eigenvalue weighted by molar-refractivity contribution is 6.32. The average molecular weight is 469 g/mol. The van der Waals surface area contributed by atoms with Gasteiger partial charge in [-0.05, 0) is 12.1 Å². The minimum atomic E-state index is -0.436. The van der Waals surface area contributed by atoms with Gasteiger partial charge in [-0.15, -0.1) is 0 Å². The maximum absolute atomic E-state index is 12.6. The number of anilines is 2. The van der Waals surface area contributed by atoms with Crippen LogP contribution in [0.2, 0.25) is 10.0 Å². The number of hydrogen-bond acceptors (Lipinski definition) is 7. The Bertz CT molecular complexity index is 980. The number of nitrogens with zero attached hydrogens (tertiary/aromatic N) is 3. The Labute approximate surface area is 189 Å². The fourth-order valence-electron chi connectivity index (χ4n) is 3.41. The Kier molecular flexibility index (Phi) is 7.42. The van der Waals surface area contributed by atoms with Crippen molar-refractivity contribution in [1.29, 1.82) is 0 Å². The van der Waals surface area contributed by atoms with E-state index < -0.39 is 4.92 Å². The highest BCUT2D eigenvalue weighted by Crippen LogP contribution is 2.36. The minimum Gasteiger partial charge on any atom is -0.495 e. The first-order valence-electron chi connectivity index (χ1n) is 9.45. The minimum absolute atomic E-state index is 0.0255. The summed E-state index contributed by atoms with van der Waals surface area (Å²) in [7, 11) is 2.98. The zero-order valence-corrected chi connectivity index (χ0v) is 18.6. The summed E-state index contributed by atoms with van der Waals surface area (Å²) in [5.74, 6) is 0.642. The van der Waals surface area contributed by atoms with Crippen LogP contribution in [0, 0.1) is 10.1 Å².